The van der Waals surface area contributed by atoms with Crippen molar-refractivity contribution in [3.8, 4) is 0 Å². The molecular formula is C8H12ClN3O. The lowest BCUT2D eigenvalue weighted by Crippen LogP contribution is -2.33. The Morgan fingerprint density at radius 2 is 2.62 bits per heavy atom. The van der Waals surface area contributed by atoms with Crippen molar-refractivity contribution in [2.24, 2.45) is 0 Å². The van der Waals surface area contributed by atoms with Crippen molar-refractivity contribution >= 4 is 17.5 Å². The van der Waals surface area contributed by atoms with Crippen molar-refractivity contribution in [2.75, 3.05) is 5.88 Å². The Morgan fingerprint density at radius 3 is 3.15 bits per heavy atom. The zero-order valence-electron chi connectivity index (χ0n) is 7.38. The number of hydrogen-bond acceptors (Lipinski definition) is 2. The van der Waals surface area contributed by atoms with Crippen LogP contribution in [-0.2, 0) is 0 Å². The fourth-order valence-corrected chi connectivity index (χ4v) is 1.25. The summed E-state index contributed by atoms with van der Waals surface area (Å²) in [5.74, 6) is 0.403. The SMILES string of the molecule is CC(CCCl)NC(=O)c1ccn[nH]1. The van der Waals surface area contributed by atoms with Gasteiger partial charge < -0.3 is 5.32 Å². The fourth-order valence-electron chi connectivity index (χ4n) is 0.920. The Hall–Kier alpha value is -1.03. The first-order valence-electron chi connectivity index (χ1n) is 4.10. The molecule has 4 nitrogen and oxygen atoms in total. The molecule has 0 bridgehead atoms. The summed E-state index contributed by atoms with van der Waals surface area (Å²) in [5.41, 5.74) is 0.474. The van der Waals surface area contributed by atoms with Gasteiger partial charge in [-0.2, -0.15) is 5.10 Å². The van der Waals surface area contributed by atoms with Crippen LogP contribution in [0.25, 0.3) is 0 Å². The van der Waals surface area contributed by atoms with Crippen LogP contribution in [0.4, 0.5) is 0 Å². The number of amides is 1. The lowest BCUT2D eigenvalue weighted by Gasteiger charge is -2.10. The average molecular weight is 202 g/mol. The lowest BCUT2D eigenvalue weighted by atomic mass is 10.2. The van der Waals surface area contributed by atoms with Crippen molar-refractivity contribution < 1.29 is 4.79 Å². The first kappa shape index (κ1) is 10.1. The van der Waals surface area contributed by atoms with Gasteiger partial charge in [-0.1, -0.05) is 0 Å². The molecule has 1 aromatic heterocycles. The molecule has 0 aliphatic carbocycles. The first-order chi connectivity index (χ1) is 6.24. The normalized spacial score (nSPS) is 12.5. The smallest absolute Gasteiger partial charge is 0.269 e. The molecule has 1 amide bonds. The molecule has 1 unspecified atom stereocenters. The van der Waals surface area contributed by atoms with Gasteiger partial charge in [0.25, 0.3) is 5.91 Å². The molecule has 0 aliphatic heterocycles. The zero-order valence-corrected chi connectivity index (χ0v) is 8.14. The van der Waals surface area contributed by atoms with Crippen LogP contribution < -0.4 is 5.32 Å². The molecule has 0 aromatic carbocycles. The van der Waals surface area contributed by atoms with Gasteiger partial charge in [0.2, 0.25) is 0 Å². The third-order valence-electron chi connectivity index (χ3n) is 1.66. The highest BCUT2D eigenvalue weighted by molar-refractivity contribution is 6.17. The number of nitrogens with zero attached hydrogens (tertiary/aromatic N) is 1. The number of nitrogens with one attached hydrogen (secondary N) is 2. The third kappa shape index (κ3) is 3.06. The topological polar surface area (TPSA) is 57.8 Å². The Bertz CT molecular complexity index is 260. The maximum Gasteiger partial charge on any atom is 0.269 e. The summed E-state index contributed by atoms with van der Waals surface area (Å²) in [6, 6.07) is 1.72. The van der Waals surface area contributed by atoms with E-state index >= 15 is 0 Å². The summed E-state index contributed by atoms with van der Waals surface area (Å²) in [4.78, 5) is 11.4. The number of aromatic nitrogens is 2. The highest BCUT2D eigenvalue weighted by atomic mass is 35.5. The zero-order chi connectivity index (χ0) is 9.68. The minimum Gasteiger partial charge on any atom is -0.348 e. The van der Waals surface area contributed by atoms with Crippen molar-refractivity contribution in [1.29, 1.82) is 0 Å². The molecule has 1 atom stereocenters. The van der Waals surface area contributed by atoms with Gasteiger partial charge >= 0.3 is 0 Å². The molecule has 0 aliphatic rings. The van der Waals surface area contributed by atoms with Gasteiger partial charge in [-0.05, 0) is 19.4 Å². The van der Waals surface area contributed by atoms with Gasteiger partial charge in [0.05, 0.1) is 0 Å². The van der Waals surface area contributed by atoms with Gasteiger partial charge in [-0.25, -0.2) is 0 Å². The van der Waals surface area contributed by atoms with Crippen molar-refractivity contribution in [3.63, 3.8) is 0 Å². The van der Waals surface area contributed by atoms with Crippen LogP contribution in [0.5, 0.6) is 0 Å². The molecule has 72 valence electrons. The van der Waals surface area contributed by atoms with Crippen molar-refractivity contribution in [1.82, 2.24) is 15.5 Å². The second kappa shape index (κ2) is 4.87. The van der Waals surface area contributed by atoms with Gasteiger partial charge in [0, 0.05) is 18.1 Å². The summed E-state index contributed by atoms with van der Waals surface area (Å²) in [7, 11) is 0. The average Bonchev–Trinajstić information content (AvgIpc) is 2.55. The number of hydrogen-bond donors (Lipinski definition) is 2. The van der Waals surface area contributed by atoms with E-state index in [0.717, 1.165) is 6.42 Å². The van der Waals surface area contributed by atoms with Crippen LogP contribution in [0, 0.1) is 0 Å². The second-order valence-corrected chi connectivity index (χ2v) is 3.20. The Balaban J connectivity index is 2.42. The monoisotopic (exact) mass is 201 g/mol. The Morgan fingerprint density at radius 1 is 1.85 bits per heavy atom. The van der Waals surface area contributed by atoms with Gasteiger partial charge in [0.15, 0.2) is 0 Å². The standard InChI is InChI=1S/C8H12ClN3O/c1-6(2-4-9)11-8(13)7-3-5-10-12-7/h3,5-6H,2,4H2,1H3,(H,10,12)(H,11,13). The largest absolute Gasteiger partial charge is 0.348 e. The van der Waals surface area contributed by atoms with Crippen molar-refractivity contribution in [3.05, 3.63) is 18.0 Å². The van der Waals surface area contributed by atoms with E-state index in [9.17, 15) is 4.79 Å². The minimum atomic E-state index is -0.143. The van der Waals surface area contributed by atoms with E-state index in [0.29, 0.717) is 11.6 Å². The third-order valence-corrected chi connectivity index (χ3v) is 1.88. The number of aromatic amines is 1. The molecule has 5 heteroatoms. The summed E-state index contributed by atoms with van der Waals surface area (Å²) in [6.07, 6.45) is 2.31. The highest BCUT2D eigenvalue weighted by Crippen LogP contribution is 1.96. The molecule has 0 radical (unpaired) electrons. The molecular weight excluding hydrogens is 190 g/mol. The van der Waals surface area contributed by atoms with Gasteiger partial charge in [-0.15, -0.1) is 11.6 Å². The number of carbonyl (C=O) groups excluding carboxylic acids is 1. The number of rotatable bonds is 4. The van der Waals surface area contributed by atoms with Crippen LogP contribution in [0.2, 0.25) is 0 Å². The van der Waals surface area contributed by atoms with Crippen LogP contribution in [0.15, 0.2) is 12.3 Å². The number of halogens is 1. The maximum absolute atomic E-state index is 11.4. The molecule has 0 saturated carbocycles. The number of carbonyl (C=O) groups is 1. The van der Waals surface area contributed by atoms with E-state index in [1.54, 1.807) is 12.3 Å². The molecule has 0 spiro atoms. The molecule has 1 rings (SSSR count). The minimum absolute atomic E-state index is 0.0910. The molecule has 0 saturated heterocycles. The van der Waals surface area contributed by atoms with E-state index in [1.807, 2.05) is 6.92 Å². The van der Waals surface area contributed by atoms with E-state index in [2.05, 4.69) is 15.5 Å². The second-order valence-electron chi connectivity index (χ2n) is 2.82. The van der Waals surface area contributed by atoms with Gasteiger partial charge in [0.1, 0.15) is 5.69 Å². The number of H-pyrrole nitrogens is 1. The summed E-state index contributed by atoms with van der Waals surface area (Å²) >= 11 is 5.53. The van der Waals surface area contributed by atoms with E-state index in [4.69, 9.17) is 11.6 Å². The predicted molar refractivity (Wildman–Crippen MR) is 50.9 cm³/mol. The van der Waals surface area contributed by atoms with Crippen LogP contribution in [0.1, 0.15) is 23.8 Å². The van der Waals surface area contributed by atoms with Crippen LogP contribution in [-0.4, -0.2) is 28.0 Å². The molecule has 1 heterocycles. The Labute approximate surface area is 81.7 Å². The summed E-state index contributed by atoms with van der Waals surface area (Å²) in [6.45, 7) is 1.91. The molecule has 0 fully saturated rings. The lowest BCUT2D eigenvalue weighted by molar-refractivity contribution is 0.0934. The van der Waals surface area contributed by atoms with Crippen molar-refractivity contribution in [2.45, 2.75) is 19.4 Å². The van der Waals surface area contributed by atoms with Crippen LogP contribution >= 0.6 is 11.6 Å². The first-order valence-corrected chi connectivity index (χ1v) is 4.63. The molecule has 2 N–H and O–H groups in total. The molecule has 13 heavy (non-hydrogen) atoms. The van der Waals surface area contributed by atoms with E-state index in [-0.39, 0.29) is 11.9 Å². The molecule has 1 aromatic rings. The Kier molecular flexibility index (Phi) is 3.76. The van der Waals surface area contributed by atoms with Crippen LogP contribution in [0.3, 0.4) is 0 Å². The predicted octanol–water partition coefficient (Wildman–Crippen LogP) is 1.16. The summed E-state index contributed by atoms with van der Waals surface area (Å²) < 4.78 is 0. The van der Waals surface area contributed by atoms with E-state index in [1.165, 1.54) is 0 Å². The summed E-state index contributed by atoms with van der Waals surface area (Å²) in [5, 5.41) is 9.06. The highest BCUT2D eigenvalue weighted by Gasteiger charge is 2.09. The van der Waals surface area contributed by atoms with Gasteiger partial charge in [-0.3, -0.25) is 9.89 Å². The quantitative estimate of drug-likeness (QED) is 0.719. The fraction of sp³-hybridized carbons (Fsp3) is 0.500. The van der Waals surface area contributed by atoms with E-state index < -0.39 is 0 Å². The maximum atomic E-state index is 11.4. The number of alkyl halides is 1.